The predicted molar refractivity (Wildman–Crippen MR) is 81.6 cm³/mol. The Labute approximate surface area is 140 Å². The first kappa shape index (κ1) is 18.5. The highest BCUT2D eigenvalue weighted by atomic mass is 32.2. The summed E-state index contributed by atoms with van der Waals surface area (Å²) in [4.78, 5) is 30.9. The smallest absolute Gasteiger partial charge is 0.360 e. The fourth-order valence-electron chi connectivity index (χ4n) is 2.23. The molecule has 132 valence electrons. The minimum Gasteiger partial charge on any atom is -0.360 e. The first-order chi connectivity index (χ1) is 11.2. The number of nitrogens with zero attached hydrogens (tertiary/aromatic N) is 3. The number of hydrogen-bond donors (Lipinski definition) is 0. The second kappa shape index (κ2) is 7.39. The summed E-state index contributed by atoms with van der Waals surface area (Å²) in [6.45, 7) is 1.53. The molecule has 2 rings (SSSR count). The molecular weight excluding hydrogens is 347 g/mol. The molecular formula is C14H16F3N3O3S. The number of thioether (sulfide) groups is 1. The number of aryl methyl sites for hydroxylation is 1. The van der Waals surface area contributed by atoms with Crippen molar-refractivity contribution in [1.29, 1.82) is 0 Å². The number of hydroxylamine groups is 2. The molecule has 0 spiro atoms. The van der Waals surface area contributed by atoms with Gasteiger partial charge in [0.15, 0.2) is 5.12 Å². The van der Waals surface area contributed by atoms with Gasteiger partial charge in [-0.05, 0) is 18.1 Å². The number of piperidine rings is 1. The summed E-state index contributed by atoms with van der Waals surface area (Å²) >= 11 is 1.10. The van der Waals surface area contributed by atoms with Crippen LogP contribution in [0.5, 0.6) is 0 Å². The maximum absolute atomic E-state index is 12.3. The molecule has 0 aromatic carbocycles. The van der Waals surface area contributed by atoms with E-state index in [2.05, 4.69) is 9.82 Å². The highest BCUT2D eigenvalue weighted by molar-refractivity contribution is 8.14. The third kappa shape index (κ3) is 4.84. The Morgan fingerprint density at radius 3 is 2.71 bits per heavy atom. The molecule has 0 saturated carbocycles. The maximum Gasteiger partial charge on any atom is 0.492 e. The highest BCUT2D eigenvalue weighted by Crippen LogP contribution is 2.30. The van der Waals surface area contributed by atoms with Gasteiger partial charge in [-0.25, -0.2) is 9.78 Å². The lowest BCUT2D eigenvalue weighted by Crippen LogP contribution is -2.41. The highest BCUT2D eigenvalue weighted by Gasteiger charge is 2.43. The molecule has 1 fully saturated rings. The number of alkyl halides is 3. The van der Waals surface area contributed by atoms with Crippen LogP contribution < -0.4 is 0 Å². The van der Waals surface area contributed by atoms with E-state index in [1.54, 1.807) is 30.1 Å². The molecule has 6 nitrogen and oxygen atoms in total. The van der Waals surface area contributed by atoms with Crippen molar-refractivity contribution in [1.82, 2.24) is 14.6 Å². The number of imidazole rings is 1. The molecule has 1 aliphatic heterocycles. The fourth-order valence-corrected chi connectivity index (χ4v) is 3.15. The second-order valence-corrected chi connectivity index (χ2v) is 6.62. The SMILES string of the molecule is CC(=O)SC1CCN(OC(=O)C(F)(F)F)C/C1=C\c1nccn1C. The van der Waals surface area contributed by atoms with E-state index >= 15 is 0 Å². The third-order valence-electron chi connectivity index (χ3n) is 3.34. The van der Waals surface area contributed by atoms with Gasteiger partial charge in [0.25, 0.3) is 0 Å². The van der Waals surface area contributed by atoms with Crippen molar-refractivity contribution in [3.05, 3.63) is 23.8 Å². The van der Waals surface area contributed by atoms with Gasteiger partial charge in [0.05, 0.1) is 6.54 Å². The minimum absolute atomic E-state index is 0.0143. The van der Waals surface area contributed by atoms with E-state index in [-0.39, 0.29) is 23.5 Å². The first-order valence-electron chi connectivity index (χ1n) is 7.06. The molecule has 0 N–H and O–H groups in total. The Kier molecular flexibility index (Phi) is 5.70. The van der Waals surface area contributed by atoms with Gasteiger partial charge in [-0.3, -0.25) is 4.79 Å². The summed E-state index contributed by atoms with van der Waals surface area (Å²) in [6, 6.07) is 0. The average Bonchev–Trinajstić information content (AvgIpc) is 2.85. The summed E-state index contributed by atoms with van der Waals surface area (Å²) in [5.41, 5.74) is 0.672. The fraction of sp³-hybridized carbons (Fsp3) is 0.500. The van der Waals surface area contributed by atoms with Gasteiger partial charge in [-0.1, -0.05) is 11.8 Å². The predicted octanol–water partition coefficient (Wildman–Crippen LogP) is 2.18. The Balaban J connectivity index is 2.17. The largest absolute Gasteiger partial charge is 0.492 e. The first-order valence-corrected chi connectivity index (χ1v) is 7.94. The van der Waals surface area contributed by atoms with Crippen LogP contribution >= 0.6 is 11.8 Å². The van der Waals surface area contributed by atoms with Gasteiger partial charge in [0.1, 0.15) is 5.82 Å². The van der Waals surface area contributed by atoms with Gasteiger partial charge in [-0.15, -0.1) is 5.06 Å². The summed E-state index contributed by atoms with van der Waals surface area (Å²) in [5, 5.41) is 0.674. The van der Waals surface area contributed by atoms with E-state index in [4.69, 9.17) is 0 Å². The number of rotatable bonds is 3. The van der Waals surface area contributed by atoms with Crippen LogP contribution in [0.1, 0.15) is 19.2 Å². The van der Waals surface area contributed by atoms with Gasteiger partial charge in [0, 0.05) is 38.2 Å². The number of aromatic nitrogens is 2. The molecule has 24 heavy (non-hydrogen) atoms. The number of carbonyl (C=O) groups excluding carboxylic acids is 2. The zero-order valence-electron chi connectivity index (χ0n) is 13.0. The summed E-state index contributed by atoms with van der Waals surface area (Å²) in [6.07, 6.45) is 0.349. The Morgan fingerprint density at radius 1 is 1.46 bits per heavy atom. The van der Waals surface area contributed by atoms with E-state index < -0.39 is 12.1 Å². The molecule has 0 amide bonds. The molecule has 1 aromatic heterocycles. The lowest BCUT2D eigenvalue weighted by molar-refractivity contribution is -0.238. The molecule has 1 aromatic rings. The van der Waals surface area contributed by atoms with Crippen molar-refractivity contribution >= 4 is 28.9 Å². The van der Waals surface area contributed by atoms with Crippen molar-refractivity contribution in [3.63, 3.8) is 0 Å². The Bertz CT molecular complexity index is 657. The lowest BCUT2D eigenvalue weighted by Gasteiger charge is -2.32. The molecule has 1 saturated heterocycles. The summed E-state index contributed by atoms with van der Waals surface area (Å²) < 4.78 is 38.7. The Hall–Kier alpha value is -1.81. The molecule has 10 heteroatoms. The second-order valence-electron chi connectivity index (χ2n) is 5.24. The third-order valence-corrected chi connectivity index (χ3v) is 4.49. The van der Waals surface area contributed by atoms with Crippen LogP contribution in [-0.2, 0) is 21.5 Å². The summed E-state index contributed by atoms with van der Waals surface area (Å²) in [7, 11) is 1.77. The maximum atomic E-state index is 12.3. The average molecular weight is 363 g/mol. The normalized spacial score (nSPS) is 21.0. The lowest BCUT2D eigenvalue weighted by atomic mass is 10.1. The van der Waals surface area contributed by atoms with Crippen LogP contribution in [-0.4, -0.2) is 50.2 Å². The molecule has 1 aliphatic rings. The molecule has 2 heterocycles. The molecule has 0 aliphatic carbocycles. The van der Waals surface area contributed by atoms with Crippen molar-refractivity contribution in [2.24, 2.45) is 7.05 Å². The van der Waals surface area contributed by atoms with Gasteiger partial charge < -0.3 is 9.40 Å². The van der Waals surface area contributed by atoms with Crippen LogP contribution in [0, 0.1) is 0 Å². The number of halogens is 3. The molecule has 1 unspecified atom stereocenters. The molecule has 0 bridgehead atoms. The van der Waals surface area contributed by atoms with Crippen molar-refractivity contribution in [3.8, 4) is 0 Å². The number of carbonyl (C=O) groups is 2. The zero-order valence-corrected chi connectivity index (χ0v) is 13.9. The minimum atomic E-state index is -5.05. The number of hydrogen-bond acceptors (Lipinski definition) is 6. The van der Waals surface area contributed by atoms with E-state index in [0.717, 1.165) is 16.8 Å². The van der Waals surface area contributed by atoms with Crippen LogP contribution in [0.4, 0.5) is 13.2 Å². The van der Waals surface area contributed by atoms with Gasteiger partial charge in [0.2, 0.25) is 0 Å². The van der Waals surface area contributed by atoms with E-state index in [1.807, 2.05) is 0 Å². The van der Waals surface area contributed by atoms with Crippen LogP contribution in [0.3, 0.4) is 0 Å². The van der Waals surface area contributed by atoms with Crippen LogP contribution in [0.25, 0.3) is 6.08 Å². The quantitative estimate of drug-likeness (QED) is 0.820. The van der Waals surface area contributed by atoms with Gasteiger partial charge >= 0.3 is 12.1 Å². The van der Waals surface area contributed by atoms with Crippen molar-refractivity contribution in [2.45, 2.75) is 24.8 Å². The molecule has 1 atom stereocenters. The van der Waals surface area contributed by atoms with Crippen molar-refractivity contribution in [2.75, 3.05) is 13.1 Å². The van der Waals surface area contributed by atoms with Crippen LogP contribution in [0.15, 0.2) is 18.0 Å². The van der Waals surface area contributed by atoms with E-state index in [0.29, 0.717) is 17.8 Å². The standard InChI is InChI=1S/C14H16F3N3O3S/c1-9(21)24-11-3-5-20(23-13(22)14(15,16)17)8-10(11)7-12-18-4-6-19(12)2/h4,6-7,11H,3,5,8H2,1-2H3/b10-7+. The van der Waals surface area contributed by atoms with Gasteiger partial charge in [-0.2, -0.15) is 13.2 Å². The van der Waals surface area contributed by atoms with E-state index in [9.17, 15) is 22.8 Å². The zero-order chi connectivity index (χ0) is 17.9. The van der Waals surface area contributed by atoms with E-state index in [1.165, 1.54) is 6.92 Å². The van der Waals surface area contributed by atoms with Crippen molar-refractivity contribution < 1.29 is 27.6 Å². The van der Waals surface area contributed by atoms with Crippen LogP contribution in [0.2, 0.25) is 0 Å². The Morgan fingerprint density at radius 2 is 2.17 bits per heavy atom. The topological polar surface area (TPSA) is 64.4 Å². The monoisotopic (exact) mass is 363 g/mol. The summed E-state index contributed by atoms with van der Waals surface area (Å²) in [5.74, 6) is -1.65. The molecule has 0 radical (unpaired) electrons.